The average Bonchev–Trinajstić information content (AvgIpc) is 1.98. The van der Waals surface area contributed by atoms with Crippen molar-refractivity contribution in [2.45, 2.75) is 71.0 Å². The number of hydrogen-bond acceptors (Lipinski definition) is 0. The molecule has 0 nitrogen and oxygen atoms in total. The lowest BCUT2D eigenvalue weighted by Gasteiger charge is -2.24. The van der Waals surface area contributed by atoms with E-state index in [9.17, 15) is 0 Å². The molecule has 0 aromatic heterocycles. The summed E-state index contributed by atoms with van der Waals surface area (Å²) in [5.74, 6) is 0. The van der Waals surface area contributed by atoms with Gasteiger partial charge in [0.2, 0.25) is 0 Å². The lowest BCUT2D eigenvalue weighted by atomic mass is 9.64. The van der Waals surface area contributed by atoms with Crippen LogP contribution in [-0.2, 0) is 0 Å². The fourth-order valence-electron chi connectivity index (χ4n) is 1.65. The lowest BCUT2D eigenvalue weighted by Crippen LogP contribution is -2.07. The Morgan fingerprint density at radius 2 is 1.58 bits per heavy atom. The maximum Gasteiger partial charge on any atom is 0.0742 e. The smallest absolute Gasteiger partial charge is 0.0688 e. The first-order valence-corrected chi connectivity index (χ1v) is 5.41. The van der Waals surface area contributed by atoms with Gasteiger partial charge in [0.1, 0.15) is 0 Å². The van der Waals surface area contributed by atoms with E-state index in [1.807, 2.05) is 0 Å². The molecule has 70 valence electrons. The van der Waals surface area contributed by atoms with Gasteiger partial charge in [-0.2, -0.15) is 0 Å². The van der Waals surface area contributed by atoms with Gasteiger partial charge in [0.25, 0.3) is 0 Å². The lowest BCUT2D eigenvalue weighted by molar-refractivity contribution is 0.476. The van der Waals surface area contributed by atoms with E-state index < -0.39 is 0 Å². The summed E-state index contributed by atoms with van der Waals surface area (Å²) >= 11 is 0. The largest absolute Gasteiger partial charge is 0.0742 e. The van der Waals surface area contributed by atoms with Crippen molar-refractivity contribution < 1.29 is 0 Å². The van der Waals surface area contributed by atoms with Crippen LogP contribution < -0.4 is 0 Å². The van der Waals surface area contributed by atoms with E-state index in [1.54, 1.807) is 0 Å². The van der Waals surface area contributed by atoms with Gasteiger partial charge >= 0.3 is 0 Å². The van der Waals surface area contributed by atoms with Crippen LogP contribution in [-0.4, -0.2) is 7.85 Å². The third-order valence-corrected chi connectivity index (χ3v) is 2.42. The van der Waals surface area contributed by atoms with E-state index in [-0.39, 0.29) is 5.31 Å². The van der Waals surface area contributed by atoms with Crippen LogP contribution in [0.5, 0.6) is 0 Å². The van der Waals surface area contributed by atoms with Gasteiger partial charge in [-0.15, -0.1) is 0 Å². The Kier molecular flexibility index (Phi) is 6.60. The van der Waals surface area contributed by atoms with Gasteiger partial charge in [0.05, 0.1) is 7.85 Å². The van der Waals surface area contributed by atoms with Crippen LogP contribution in [0.3, 0.4) is 0 Å². The molecule has 0 saturated carbocycles. The molecule has 0 rings (SSSR count). The zero-order valence-electron chi connectivity index (χ0n) is 9.03. The predicted octanol–water partition coefficient (Wildman–Crippen LogP) is 4.10. The summed E-state index contributed by atoms with van der Waals surface area (Å²) in [6.07, 6.45) is 8.91. The normalized spacial score (nSPS) is 15.9. The Morgan fingerprint density at radius 1 is 0.917 bits per heavy atom. The molecule has 0 aliphatic rings. The summed E-state index contributed by atoms with van der Waals surface area (Å²) in [5, 5.41) is 0.0997. The molecule has 1 heteroatoms. The zero-order chi connectivity index (χ0) is 9.45. The second-order valence-corrected chi connectivity index (χ2v) is 4.21. The van der Waals surface area contributed by atoms with Crippen LogP contribution >= 0.6 is 0 Å². The number of rotatable bonds is 7. The van der Waals surface area contributed by atoms with Gasteiger partial charge < -0.3 is 0 Å². The van der Waals surface area contributed by atoms with E-state index >= 15 is 0 Å². The van der Waals surface area contributed by atoms with Gasteiger partial charge in [0, 0.05) is 0 Å². The van der Waals surface area contributed by atoms with Gasteiger partial charge in [-0.05, 0) is 0 Å². The number of hydrogen-bond donors (Lipinski definition) is 0. The Labute approximate surface area is 79.5 Å². The minimum atomic E-state index is 0.0997. The van der Waals surface area contributed by atoms with Crippen molar-refractivity contribution in [3.63, 3.8) is 0 Å². The number of unbranched alkanes of at least 4 members (excludes halogenated alkanes) is 3. The standard InChI is InChI=1S/C11H23B/c1-4-6-7-8-10-11(3,12)9-5-2/h4-10H2,1-3H3. The van der Waals surface area contributed by atoms with Crippen molar-refractivity contribution in [3.05, 3.63) is 0 Å². The van der Waals surface area contributed by atoms with Crippen LogP contribution in [0.4, 0.5) is 0 Å². The van der Waals surface area contributed by atoms with E-state index in [4.69, 9.17) is 7.85 Å². The minimum absolute atomic E-state index is 0.0997. The maximum absolute atomic E-state index is 6.11. The molecule has 1 atom stereocenters. The van der Waals surface area contributed by atoms with Gasteiger partial charge in [-0.1, -0.05) is 71.0 Å². The Balaban J connectivity index is 3.33. The second-order valence-electron chi connectivity index (χ2n) is 4.21. The molecule has 0 aliphatic heterocycles. The fourth-order valence-corrected chi connectivity index (χ4v) is 1.65. The highest BCUT2D eigenvalue weighted by molar-refractivity contribution is 6.14. The Hall–Kier alpha value is 0.0649. The van der Waals surface area contributed by atoms with Crippen LogP contribution in [0.1, 0.15) is 65.7 Å². The summed E-state index contributed by atoms with van der Waals surface area (Å²) in [5.41, 5.74) is 0. The molecule has 0 aromatic rings. The molecule has 0 spiro atoms. The van der Waals surface area contributed by atoms with Crippen molar-refractivity contribution in [2.24, 2.45) is 0 Å². The zero-order valence-corrected chi connectivity index (χ0v) is 9.03. The van der Waals surface area contributed by atoms with Crippen LogP contribution in [0.15, 0.2) is 0 Å². The van der Waals surface area contributed by atoms with E-state index in [2.05, 4.69) is 20.8 Å². The van der Waals surface area contributed by atoms with Gasteiger partial charge in [-0.25, -0.2) is 0 Å². The predicted molar refractivity (Wildman–Crippen MR) is 57.8 cm³/mol. The average molecular weight is 166 g/mol. The van der Waals surface area contributed by atoms with E-state index in [0.29, 0.717) is 0 Å². The van der Waals surface area contributed by atoms with Crippen LogP contribution in [0.25, 0.3) is 0 Å². The van der Waals surface area contributed by atoms with Gasteiger partial charge in [0.15, 0.2) is 0 Å². The summed E-state index contributed by atoms with van der Waals surface area (Å²) in [6, 6.07) is 0. The maximum atomic E-state index is 6.11. The first kappa shape index (κ1) is 12.1. The molecule has 2 radical (unpaired) electrons. The van der Waals surface area contributed by atoms with Crippen LogP contribution in [0.2, 0.25) is 5.31 Å². The van der Waals surface area contributed by atoms with Crippen molar-refractivity contribution in [1.82, 2.24) is 0 Å². The molecule has 0 amide bonds. The Bertz CT molecular complexity index is 97.2. The van der Waals surface area contributed by atoms with E-state index in [0.717, 1.165) is 0 Å². The summed E-state index contributed by atoms with van der Waals surface area (Å²) < 4.78 is 0. The van der Waals surface area contributed by atoms with E-state index in [1.165, 1.54) is 44.9 Å². The minimum Gasteiger partial charge on any atom is -0.0688 e. The van der Waals surface area contributed by atoms with Gasteiger partial charge in [-0.3, -0.25) is 0 Å². The highest BCUT2D eigenvalue weighted by Gasteiger charge is 2.14. The molecule has 0 aliphatic carbocycles. The molecule has 0 bridgehead atoms. The van der Waals surface area contributed by atoms with Crippen molar-refractivity contribution in [2.75, 3.05) is 0 Å². The highest BCUT2D eigenvalue weighted by Crippen LogP contribution is 2.33. The molecule has 12 heavy (non-hydrogen) atoms. The first-order chi connectivity index (χ1) is 5.62. The van der Waals surface area contributed by atoms with Crippen molar-refractivity contribution in [1.29, 1.82) is 0 Å². The molecule has 0 saturated heterocycles. The molecule has 1 unspecified atom stereocenters. The van der Waals surface area contributed by atoms with Crippen molar-refractivity contribution >= 4 is 7.85 Å². The molecule has 0 heterocycles. The third kappa shape index (κ3) is 6.76. The van der Waals surface area contributed by atoms with Crippen LogP contribution in [0, 0.1) is 0 Å². The van der Waals surface area contributed by atoms with Crippen molar-refractivity contribution in [3.8, 4) is 0 Å². The molecule has 0 N–H and O–H groups in total. The second kappa shape index (κ2) is 6.57. The first-order valence-electron chi connectivity index (χ1n) is 5.41. The summed E-state index contributed by atoms with van der Waals surface area (Å²) in [6.45, 7) is 6.63. The fraction of sp³-hybridized carbons (Fsp3) is 1.00. The summed E-state index contributed by atoms with van der Waals surface area (Å²) in [4.78, 5) is 0. The summed E-state index contributed by atoms with van der Waals surface area (Å²) in [7, 11) is 6.11. The molecule has 0 fully saturated rings. The molecular weight excluding hydrogens is 143 g/mol. The molecular formula is C11H23B. The Morgan fingerprint density at radius 3 is 2.08 bits per heavy atom. The quantitative estimate of drug-likeness (QED) is 0.394. The molecule has 0 aromatic carbocycles. The monoisotopic (exact) mass is 166 g/mol. The topological polar surface area (TPSA) is 0 Å². The highest BCUT2D eigenvalue weighted by atomic mass is 14.1. The SMILES string of the molecule is [B]C(C)(CCC)CCCCCC. The third-order valence-electron chi connectivity index (χ3n) is 2.42.